The predicted octanol–water partition coefficient (Wildman–Crippen LogP) is 16.3. The molecule has 4 aromatic heterocycles. The van der Waals surface area contributed by atoms with Crippen molar-refractivity contribution in [3.8, 4) is 33.6 Å². The third kappa shape index (κ3) is 4.06. The lowest BCUT2D eigenvalue weighted by Gasteiger charge is -2.24. The van der Waals surface area contributed by atoms with E-state index >= 15 is 0 Å². The summed E-state index contributed by atoms with van der Waals surface area (Å²) in [5, 5.41) is 9.60. The predicted molar refractivity (Wildman–Crippen MR) is 265 cm³/mol. The molecule has 9 aromatic carbocycles. The summed E-state index contributed by atoms with van der Waals surface area (Å²) >= 11 is 0. The van der Waals surface area contributed by atoms with Gasteiger partial charge in [0, 0.05) is 53.9 Å². The van der Waals surface area contributed by atoms with E-state index < -0.39 is 0 Å². The molecule has 2 aliphatic carbocycles. The van der Waals surface area contributed by atoms with Crippen LogP contribution in [0.3, 0.4) is 0 Å². The molecule has 0 amide bonds. The molecule has 0 N–H and O–H groups in total. The fourth-order valence-electron chi connectivity index (χ4n) is 12.3. The van der Waals surface area contributed by atoms with Gasteiger partial charge in [-0.2, -0.15) is 0 Å². The van der Waals surface area contributed by atoms with Gasteiger partial charge in [0.25, 0.3) is 0 Å². The van der Waals surface area contributed by atoms with Crippen molar-refractivity contribution >= 4 is 87.5 Å². The molecule has 4 heteroatoms. The molecule has 0 spiro atoms. The molecule has 0 aliphatic heterocycles. The van der Waals surface area contributed by atoms with Crippen molar-refractivity contribution < 1.29 is 8.83 Å². The number of benzene rings is 9. The lowest BCUT2D eigenvalue weighted by Crippen LogP contribution is -2.17. The molecular weight excluding hydrogens is 781 g/mol. The van der Waals surface area contributed by atoms with E-state index in [1.807, 2.05) is 0 Å². The fraction of sp³-hybridized carbons (Fsp3) is 0.100. The van der Waals surface area contributed by atoms with Crippen molar-refractivity contribution in [2.45, 2.75) is 38.5 Å². The van der Waals surface area contributed by atoms with Crippen LogP contribution in [0.2, 0.25) is 0 Å². The second kappa shape index (κ2) is 11.6. The molecule has 13 aromatic rings. The first kappa shape index (κ1) is 34.7. The van der Waals surface area contributed by atoms with Gasteiger partial charge in [-0.05, 0) is 105 Å². The van der Waals surface area contributed by atoms with E-state index in [9.17, 15) is 0 Å². The van der Waals surface area contributed by atoms with Gasteiger partial charge in [-0.25, -0.2) is 0 Å². The molecular formula is C60H40N2O2. The molecule has 0 saturated carbocycles. The molecule has 64 heavy (non-hydrogen) atoms. The summed E-state index contributed by atoms with van der Waals surface area (Å²) in [7, 11) is 0. The van der Waals surface area contributed by atoms with E-state index in [-0.39, 0.29) is 10.8 Å². The molecule has 2 aliphatic rings. The zero-order chi connectivity index (χ0) is 42.4. The number of fused-ring (bicyclic) bond motifs is 20. The number of rotatable bonds is 2. The molecule has 4 heterocycles. The van der Waals surface area contributed by atoms with Crippen LogP contribution in [-0.2, 0) is 10.8 Å². The smallest absolute Gasteiger partial charge is 0.160 e. The lowest BCUT2D eigenvalue weighted by molar-refractivity contribution is 0.648. The van der Waals surface area contributed by atoms with Crippen LogP contribution in [0.1, 0.15) is 49.9 Å². The van der Waals surface area contributed by atoms with Crippen LogP contribution >= 0.6 is 0 Å². The number of nitrogens with zero attached hydrogens (tertiary/aromatic N) is 2. The highest BCUT2D eigenvalue weighted by molar-refractivity contribution is 6.21. The Bertz CT molecular complexity index is 3870. The van der Waals surface area contributed by atoms with E-state index in [1.54, 1.807) is 0 Å². The van der Waals surface area contributed by atoms with Crippen LogP contribution in [0.4, 0.5) is 0 Å². The Morgan fingerprint density at radius 3 is 1.02 bits per heavy atom. The van der Waals surface area contributed by atoms with E-state index in [1.165, 1.54) is 98.9 Å². The molecule has 0 unspecified atom stereocenters. The second-order valence-corrected chi connectivity index (χ2v) is 19.2. The average molecular weight is 821 g/mol. The Balaban J connectivity index is 1.04. The van der Waals surface area contributed by atoms with Gasteiger partial charge in [-0.3, -0.25) is 0 Å². The zero-order valence-electron chi connectivity index (χ0n) is 35.9. The first-order valence-electron chi connectivity index (χ1n) is 22.4. The van der Waals surface area contributed by atoms with Crippen LogP contribution in [-0.4, -0.2) is 9.13 Å². The van der Waals surface area contributed by atoms with Gasteiger partial charge in [0.05, 0.1) is 33.4 Å². The Kier molecular flexibility index (Phi) is 6.29. The van der Waals surface area contributed by atoms with Gasteiger partial charge in [-0.1, -0.05) is 137 Å². The molecule has 0 bridgehead atoms. The summed E-state index contributed by atoms with van der Waals surface area (Å²) in [6.45, 7) is 9.68. The molecule has 4 nitrogen and oxygen atoms in total. The van der Waals surface area contributed by atoms with E-state index in [2.05, 4.69) is 207 Å². The number of aromatic nitrogens is 2. The maximum atomic E-state index is 7.05. The SMILES string of the molecule is CC1(C)c2cc3c(cc2-c2c1cc(-n1c4ccccc4c4ccccc41)c1oc4ccccc4c21)C(C)(C)c1cc(-n2c4ccccc4c4ccccc42)c2oc4ccccc4c2c1-3. The van der Waals surface area contributed by atoms with Crippen molar-refractivity contribution in [2.24, 2.45) is 0 Å². The number of hydrogen-bond donors (Lipinski definition) is 0. The topological polar surface area (TPSA) is 36.1 Å². The molecule has 0 saturated heterocycles. The zero-order valence-corrected chi connectivity index (χ0v) is 35.9. The van der Waals surface area contributed by atoms with Crippen molar-refractivity contribution in [1.82, 2.24) is 9.13 Å². The monoisotopic (exact) mass is 820 g/mol. The van der Waals surface area contributed by atoms with Gasteiger partial charge in [0.2, 0.25) is 0 Å². The molecule has 15 rings (SSSR count). The molecule has 0 atom stereocenters. The Morgan fingerprint density at radius 1 is 0.344 bits per heavy atom. The minimum absolute atomic E-state index is 0.326. The van der Waals surface area contributed by atoms with Gasteiger partial charge in [-0.15, -0.1) is 0 Å². The second-order valence-electron chi connectivity index (χ2n) is 19.2. The van der Waals surface area contributed by atoms with Crippen molar-refractivity contribution in [3.05, 3.63) is 192 Å². The third-order valence-electron chi connectivity index (χ3n) is 15.3. The Hall–Kier alpha value is -7.82. The molecule has 302 valence electrons. The summed E-state index contributed by atoms with van der Waals surface area (Å²) in [4.78, 5) is 0. The van der Waals surface area contributed by atoms with Crippen LogP contribution in [0.5, 0.6) is 0 Å². The van der Waals surface area contributed by atoms with E-state index in [0.717, 1.165) is 44.5 Å². The van der Waals surface area contributed by atoms with E-state index in [0.29, 0.717) is 0 Å². The number of para-hydroxylation sites is 6. The first-order valence-corrected chi connectivity index (χ1v) is 22.4. The van der Waals surface area contributed by atoms with Crippen molar-refractivity contribution in [1.29, 1.82) is 0 Å². The third-order valence-corrected chi connectivity index (χ3v) is 15.3. The minimum Gasteiger partial charge on any atom is -0.454 e. The van der Waals surface area contributed by atoms with Gasteiger partial charge in [0.15, 0.2) is 11.2 Å². The van der Waals surface area contributed by atoms with Crippen LogP contribution in [0, 0.1) is 0 Å². The largest absolute Gasteiger partial charge is 0.454 e. The standard InChI is InChI=1S/C60H40N2O2/c1-59(2)41-29-40-42(30-39(41)53-43(59)31-49(57-55(53)37-21-9-15-27-51(37)63-57)61-45-23-11-5-17-33(45)34-18-6-12-24-46(34)61)60(3,4)44-32-50(58-56(54(40)44)38-22-10-16-28-52(38)64-58)62-47-25-13-7-19-35(47)36-20-8-14-26-48(36)62/h5-32H,1-4H3. The van der Waals surface area contributed by atoms with Gasteiger partial charge >= 0.3 is 0 Å². The van der Waals surface area contributed by atoms with Gasteiger partial charge < -0.3 is 18.0 Å². The highest BCUT2D eigenvalue weighted by atomic mass is 16.3. The van der Waals surface area contributed by atoms with Crippen LogP contribution < -0.4 is 0 Å². The normalized spacial score (nSPS) is 14.8. The average Bonchev–Trinajstić information content (AvgIpc) is 4.14. The van der Waals surface area contributed by atoms with Crippen molar-refractivity contribution in [2.75, 3.05) is 0 Å². The summed E-state index contributed by atoms with van der Waals surface area (Å²) < 4.78 is 19.0. The van der Waals surface area contributed by atoms with Crippen molar-refractivity contribution in [3.63, 3.8) is 0 Å². The Morgan fingerprint density at radius 2 is 0.656 bits per heavy atom. The maximum Gasteiger partial charge on any atom is 0.160 e. The summed E-state index contributed by atoms with van der Waals surface area (Å²) in [6.07, 6.45) is 0. The molecule has 0 fully saturated rings. The quantitative estimate of drug-likeness (QED) is 0.174. The highest BCUT2D eigenvalue weighted by Gasteiger charge is 2.45. The van der Waals surface area contributed by atoms with E-state index in [4.69, 9.17) is 8.83 Å². The first-order chi connectivity index (χ1) is 31.3. The summed E-state index contributed by atoms with van der Waals surface area (Å²) in [5.41, 5.74) is 20.3. The summed E-state index contributed by atoms with van der Waals surface area (Å²) in [6, 6.07) is 62.3. The Labute approximate surface area is 368 Å². The highest BCUT2D eigenvalue weighted by Crippen LogP contribution is 2.61. The maximum absolute atomic E-state index is 7.05. The minimum atomic E-state index is -0.326. The van der Waals surface area contributed by atoms with Crippen LogP contribution in [0.15, 0.2) is 179 Å². The lowest BCUT2D eigenvalue weighted by atomic mass is 9.79. The van der Waals surface area contributed by atoms with Crippen LogP contribution in [0.25, 0.3) is 121 Å². The fourth-order valence-corrected chi connectivity index (χ4v) is 12.3. The number of hydrogen-bond acceptors (Lipinski definition) is 2. The number of furan rings is 2. The summed E-state index contributed by atoms with van der Waals surface area (Å²) in [5.74, 6) is 0. The van der Waals surface area contributed by atoms with Gasteiger partial charge in [0.1, 0.15) is 11.2 Å². The molecule has 0 radical (unpaired) electrons.